The van der Waals surface area contributed by atoms with E-state index in [2.05, 4.69) is 10.1 Å². The predicted molar refractivity (Wildman–Crippen MR) is 56.9 cm³/mol. The fraction of sp³-hybridized carbons (Fsp3) is 0.400. The summed E-state index contributed by atoms with van der Waals surface area (Å²) in [5.41, 5.74) is 0. The zero-order valence-electron chi connectivity index (χ0n) is 8.43. The number of aliphatic hydroxyl groups is 1. The van der Waals surface area contributed by atoms with Gasteiger partial charge in [-0.05, 0) is 36.6 Å². The van der Waals surface area contributed by atoms with Crippen LogP contribution in [0.4, 0.5) is 0 Å². The lowest BCUT2D eigenvalue weighted by atomic mass is 10.1. The van der Waals surface area contributed by atoms with Crippen LogP contribution in [0.5, 0.6) is 0 Å². The van der Waals surface area contributed by atoms with Crippen molar-refractivity contribution in [3.8, 4) is 11.6 Å². The fourth-order valence-corrected chi connectivity index (χ4v) is 2.01. The number of hydrogen-bond acceptors (Lipinski definition) is 4. The van der Waals surface area contributed by atoms with E-state index < -0.39 is 6.23 Å². The van der Waals surface area contributed by atoms with Gasteiger partial charge in [0.25, 0.3) is 0 Å². The van der Waals surface area contributed by atoms with Crippen molar-refractivity contribution in [2.24, 2.45) is 0 Å². The average Bonchev–Trinajstić information content (AvgIpc) is 2.84. The van der Waals surface area contributed by atoms with Crippen molar-refractivity contribution in [1.82, 2.24) is 14.8 Å². The van der Waals surface area contributed by atoms with Crippen molar-refractivity contribution in [3.05, 3.63) is 23.2 Å². The van der Waals surface area contributed by atoms with Gasteiger partial charge in [-0.2, -0.15) is 0 Å². The van der Waals surface area contributed by atoms with Crippen molar-refractivity contribution < 1.29 is 9.52 Å². The van der Waals surface area contributed by atoms with Crippen LogP contribution in [0.2, 0.25) is 5.22 Å². The topological polar surface area (TPSA) is 64.1 Å². The molecule has 6 heteroatoms. The molecular formula is C10H10ClN3O2. The highest BCUT2D eigenvalue weighted by Crippen LogP contribution is 2.26. The predicted octanol–water partition coefficient (Wildman–Crippen LogP) is 2.02. The summed E-state index contributed by atoms with van der Waals surface area (Å²) in [5.74, 6) is 1.79. The van der Waals surface area contributed by atoms with E-state index in [9.17, 15) is 5.11 Å². The molecule has 2 aromatic rings. The van der Waals surface area contributed by atoms with E-state index in [1.165, 1.54) is 0 Å². The van der Waals surface area contributed by atoms with E-state index in [0.29, 0.717) is 23.2 Å². The molecule has 3 rings (SSSR count). The van der Waals surface area contributed by atoms with Gasteiger partial charge in [0, 0.05) is 6.42 Å². The lowest BCUT2D eigenvalue weighted by molar-refractivity contribution is 0.0647. The molecule has 1 atom stereocenters. The Labute approximate surface area is 96.7 Å². The number of hydrogen-bond donors (Lipinski definition) is 1. The molecule has 1 N–H and O–H groups in total. The largest absolute Gasteiger partial charge is 0.441 e. The minimum Gasteiger partial charge on any atom is -0.441 e. The molecule has 2 aromatic heterocycles. The van der Waals surface area contributed by atoms with Gasteiger partial charge in [0.1, 0.15) is 12.1 Å². The molecule has 0 saturated heterocycles. The number of fused-ring (bicyclic) bond motifs is 1. The third-order valence-corrected chi connectivity index (χ3v) is 2.84. The van der Waals surface area contributed by atoms with Crippen LogP contribution in [0, 0.1) is 0 Å². The number of aryl methyl sites for hydroxylation is 1. The van der Waals surface area contributed by atoms with Gasteiger partial charge in [-0.15, -0.1) is 5.10 Å². The van der Waals surface area contributed by atoms with E-state index >= 15 is 0 Å². The summed E-state index contributed by atoms with van der Waals surface area (Å²) in [5, 5.41) is 14.3. The Morgan fingerprint density at radius 3 is 3.06 bits per heavy atom. The highest BCUT2D eigenvalue weighted by molar-refractivity contribution is 6.28. The zero-order valence-corrected chi connectivity index (χ0v) is 9.18. The second-order valence-corrected chi connectivity index (χ2v) is 4.15. The van der Waals surface area contributed by atoms with Gasteiger partial charge in [-0.25, -0.2) is 9.67 Å². The molecule has 16 heavy (non-hydrogen) atoms. The molecule has 5 nitrogen and oxygen atoms in total. The summed E-state index contributed by atoms with van der Waals surface area (Å²) in [4.78, 5) is 4.32. The molecule has 0 saturated carbocycles. The molecule has 84 valence electrons. The van der Waals surface area contributed by atoms with Crippen LogP contribution in [0.15, 0.2) is 16.5 Å². The van der Waals surface area contributed by atoms with E-state index in [0.717, 1.165) is 18.7 Å². The average molecular weight is 240 g/mol. The Kier molecular flexibility index (Phi) is 2.22. The monoisotopic (exact) mass is 239 g/mol. The van der Waals surface area contributed by atoms with Crippen LogP contribution >= 0.6 is 11.6 Å². The lowest BCUT2D eigenvalue weighted by Gasteiger charge is -2.17. The van der Waals surface area contributed by atoms with E-state index in [1.807, 2.05) is 0 Å². The summed E-state index contributed by atoms with van der Waals surface area (Å²) >= 11 is 5.69. The maximum absolute atomic E-state index is 9.73. The van der Waals surface area contributed by atoms with Gasteiger partial charge in [0.2, 0.25) is 5.82 Å². The van der Waals surface area contributed by atoms with Gasteiger partial charge < -0.3 is 9.52 Å². The maximum Gasteiger partial charge on any atom is 0.217 e. The summed E-state index contributed by atoms with van der Waals surface area (Å²) < 4.78 is 6.78. The number of nitrogens with zero attached hydrogens (tertiary/aromatic N) is 3. The van der Waals surface area contributed by atoms with Crippen LogP contribution in [-0.4, -0.2) is 19.9 Å². The molecule has 0 radical (unpaired) electrons. The zero-order chi connectivity index (χ0) is 11.1. The number of aliphatic hydroxyl groups excluding tert-OH is 1. The summed E-state index contributed by atoms with van der Waals surface area (Å²) in [6.07, 6.45) is 1.90. The molecular weight excluding hydrogens is 230 g/mol. The smallest absolute Gasteiger partial charge is 0.217 e. The second kappa shape index (κ2) is 3.61. The number of furan rings is 1. The van der Waals surface area contributed by atoms with Gasteiger partial charge >= 0.3 is 0 Å². The molecule has 0 fully saturated rings. The third-order valence-electron chi connectivity index (χ3n) is 2.64. The van der Waals surface area contributed by atoms with Crippen LogP contribution < -0.4 is 0 Å². The van der Waals surface area contributed by atoms with Gasteiger partial charge in [0.15, 0.2) is 11.0 Å². The number of halogens is 1. The first-order valence-corrected chi connectivity index (χ1v) is 5.51. The first kappa shape index (κ1) is 9.86. The van der Waals surface area contributed by atoms with Crippen LogP contribution in [0.3, 0.4) is 0 Å². The molecule has 3 heterocycles. The Morgan fingerprint density at radius 1 is 1.50 bits per heavy atom. The van der Waals surface area contributed by atoms with Crippen molar-refractivity contribution in [3.63, 3.8) is 0 Å². The fourth-order valence-electron chi connectivity index (χ4n) is 1.87. The van der Waals surface area contributed by atoms with Crippen molar-refractivity contribution in [1.29, 1.82) is 0 Å². The summed E-state index contributed by atoms with van der Waals surface area (Å²) in [7, 11) is 0. The minimum absolute atomic E-state index is 0.309. The molecule has 0 aromatic carbocycles. The normalized spacial score (nSPS) is 19.8. The first-order valence-electron chi connectivity index (χ1n) is 5.13. The lowest BCUT2D eigenvalue weighted by Crippen LogP contribution is -2.18. The highest BCUT2D eigenvalue weighted by Gasteiger charge is 2.22. The van der Waals surface area contributed by atoms with E-state index in [1.54, 1.807) is 16.8 Å². The van der Waals surface area contributed by atoms with E-state index in [-0.39, 0.29) is 0 Å². The summed E-state index contributed by atoms with van der Waals surface area (Å²) in [6.45, 7) is 0. The third kappa shape index (κ3) is 1.52. The molecule has 0 bridgehead atoms. The van der Waals surface area contributed by atoms with Crippen molar-refractivity contribution in [2.75, 3.05) is 0 Å². The summed E-state index contributed by atoms with van der Waals surface area (Å²) in [6, 6.07) is 3.36. The molecule has 0 amide bonds. The maximum atomic E-state index is 9.73. The standard InChI is InChI=1S/C10H10ClN3O2/c11-7-5-4-6(16-7)10-12-8-2-1-3-9(15)14(8)13-10/h4-5,9,15H,1-3H2. The van der Waals surface area contributed by atoms with Crippen LogP contribution in [-0.2, 0) is 6.42 Å². The van der Waals surface area contributed by atoms with Gasteiger partial charge in [-0.3, -0.25) is 0 Å². The number of rotatable bonds is 1. The molecule has 1 aliphatic heterocycles. The Morgan fingerprint density at radius 2 is 2.38 bits per heavy atom. The Bertz CT molecular complexity index is 520. The minimum atomic E-state index is -0.574. The Balaban J connectivity index is 2.04. The molecule has 0 aliphatic carbocycles. The van der Waals surface area contributed by atoms with Crippen molar-refractivity contribution >= 4 is 11.6 Å². The molecule has 1 unspecified atom stereocenters. The first-order chi connectivity index (χ1) is 7.74. The van der Waals surface area contributed by atoms with Crippen molar-refractivity contribution in [2.45, 2.75) is 25.5 Å². The van der Waals surface area contributed by atoms with E-state index in [4.69, 9.17) is 16.0 Å². The molecule has 1 aliphatic rings. The highest BCUT2D eigenvalue weighted by atomic mass is 35.5. The molecule has 0 spiro atoms. The van der Waals surface area contributed by atoms with Crippen LogP contribution in [0.25, 0.3) is 11.6 Å². The Hall–Kier alpha value is -1.33. The SMILES string of the molecule is OC1CCCc2nc(-c3ccc(Cl)o3)nn21. The van der Waals surface area contributed by atoms with Gasteiger partial charge in [0.05, 0.1) is 0 Å². The van der Waals surface area contributed by atoms with Gasteiger partial charge in [-0.1, -0.05) is 0 Å². The second-order valence-electron chi connectivity index (χ2n) is 3.77. The number of aromatic nitrogens is 3. The quantitative estimate of drug-likeness (QED) is 0.827. The van der Waals surface area contributed by atoms with Crippen LogP contribution in [0.1, 0.15) is 24.9 Å².